The number of carbonyl (C=O) groups excluding carboxylic acids is 2. The molecule has 8 heteroatoms. The minimum Gasteiger partial charge on any atom is -0.464 e. The van der Waals surface area contributed by atoms with Gasteiger partial charge in [0.1, 0.15) is 0 Å². The summed E-state index contributed by atoms with van der Waals surface area (Å²) in [5.74, 6) is -1.56. The second-order valence-corrected chi connectivity index (χ2v) is 3.98. The number of nitrogens with one attached hydrogen (secondary N) is 1. The van der Waals surface area contributed by atoms with Crippen molar-refractivity contribution in [2.24, 2.45) is 5.73 Å². The predicted octanol–water partition coefficient (Wildman–Crippen LogP) is 0.732. The maximum Gasteiger partial charge on any atom is 0.332 e. The van der Waals surface area contributed by atoms with Crippen LogP contribution in [0.4, 0.5) is 11.4 Å². The van der Waals surface area contributed by atoms with Crippen LogP contribution in [0.3, 0.4) is 0 Å². The number of rotatable bonds is 5. The van der Waals surface area contributed by atoms with Crippen LogP contribution in [-0.4, -0.2) is 29.4 Å². The molecule has 1 atom stereocenters. The molecule has 1 aromatic rings. The molecule has 0 aliphatic rings. The molecule has 1 amide bonds. The van der Waals surface area contributed by atoms with Crippen LogP contribution < -0.4 is 11.1 Å². The van der Waals surface area contributed by atoms with Crippen LogP contribution in [0, 0.1) is 17.0 Å². The summed E-state index contributed by atoms with van der Waals surface area (Å²) in [5, 5.41) is 13.0. The molecule has 0 aliphatic carbocycles. The van der Waals surface area contributed by atoms with E-state index in [-0.39, 0.29) is 12.3 Å². The van der Waals surface area contributed by atoms with Crippen molar-refractivity contribution in [2.45, 2.75) is 19.9 Å². The molecule has 1 aromatic carbocycles. The predicted molar refractivity (Wildman–Crippen MR) is 71.1 cm³/mol. The lowest BCUT2D eigenvalue weighted by atomic mass is 10.1. The smallest absolute Gasteiger partial charge is 0.332 e. The molecule has 0 heterocycles. The lowest BCUT2D eigenvalue weighted by Gasteiger charge is -2.12. The van der Waals surface area contributed by atoms with E-state index in [2.05, 4.69) is 10.1 Å². The molecule has 20 heavy (non-hydrogen) atoms. The fraction of sp³-hybridized carbons (Fsp3) is 0.333. The van der Waals surface area contributed by atoms with Crippen molar-refractivity contribution < 1.29 is 19.2 Å². The highest BCUT2D eigenvalue weighted by Crippen LogP contribution is 2.21. The fourth-order valence-corrected chi connectivity index (χ4v) is 1.45. The van der Waals surface area contributed by atoms with Crippen LogP contribution in [-0.2, 0) is 14.3 Å². The number of benzene rings is 1. The molecule has 8 nitrogen and oxygen atoms in total. The highest BCUT2D eigenvalue weighted by Gasteiger charge is 2.24. The maximum absolute atomic E-state index is 11.7. The van der Waals surface area contributed by atoms with Crippen LogP contribution in [0.2, 0.25) is 0 Å². The molecular weight excluding hydrogens is 266 g/mol. The van der Waals surface area contributed by atoms with Crippen molar-refractivity contribution in [3.05, 3.63) is 33.9 Å². The summed E-state index contributed by atoms with van der Waals surface area (Å²) in [6.07, 6.45) is 0. The molecule has 0 saturated carbocycles. The normalized spacial score (nSPS) is 11.6. The topological polar surface area (TPSA) is 125 Å². The van der Waals surface area contributed by atoms with Gasteiger partial charge in [-0.25, -0.2) is 4.79 Å². The zero-order chi connectivity index (χ0) is 15.3. The van der Waals surface area contributed by atoms with E-state index >= 15 is 0 Å². The summed E-state index contributed by atoms with van der Waals surface area (Å²) in [6.45, 7) is 3.32. The van der Waals surface area contributed by atoms with E-state index < -0.39 is 22.8 Å². The highest BCUT2D eigenvalue weighted by molar-refractivity contribution is 6.08. The Morgan fingerprint density at radius 2 is 2.15 bits per heavy atom. The summed E-state index contributed by atoms with van der Waals surface area (Å²) in [5.41, 5.74) is 6.18. The van der Waals surface area contributed by atoms with Crippen molar-refractivity contribution in [3.63, 3.8) is 0 Å². The first-order valence-corrected chi connectivity index (χ1v) is 5.85. The SMILES string of the molecule is CCOC(=O)C(N)C(=O)Nc1ccc([N+](=O)[O-])cc1C. The van der Waals surface area contributed by atoms with Gasteiger partial charge in [-0.05, 0) is 25.5 Å². The number of hydrogen-bond acceptors (Lipinski definition) is 6. The molecule has 0 aliphatic heterocycles. The van der Waals surface area contributed by atoms with E-state index in [9.17, 15) is 19.7 Å². The third-order valence-electron chi connectivity index (χ3n) is 2.50. The first kappa shape index (κ1) is 15.6. The number of nitrogens with two attached hydrogens (primary N) is 1. The number of carbonyl (C=O) groups is 2. The number of aryl methyl sites for hydroxylation is 1. The van der Waals surface area contributed by atoms with E-state index in [0.717, 1.165) is 0 Å². The quantitative estimate of drug-likeness (QED) is 0.355. The Hall–Kier alpha value is -2.48. The van der Waals surface area contributed by atoms with E-state index in [0.29, 0.717) is 11.3 Å². The summed E-state index contributed by atoms with van der Waals surface area (Å²) in [6, 6.07) is 2.50. The molecule has 0 radical (unpaired) electrons. The summed E-state index contributed by atoms with van der Waals surface area (Å²) < 4.78 is 4.63. The number of non-ortho nitro benzene ring substituents is 1. The van der Waals surface area contributed by atoms with Crippen molar-refractivity contribution in [1.82, 2.24) is 0 Å². The molecule has 0 spiro atoms. The summed E-state index contributed by atoms with van der Waals surface area (Å²) >= 11 is 0. The molecule has 0 bridgehead atoms. The van der Waals surface area contributed by atoms with Crippen LogP contribution >= 0.6 is 0 Å². The Morgan fingerprint density at radius 3 is 2.65 bits per heavy atom. The summed E-state index contributed by atoms with van der Waals surface area (Å²) in [4.78, 5) is 33.1. The van der Waals surface area contributed by atoms with Crippen LogP contribution in [0.15, 0.2) is 18.2 Å². The van der Waals surface area contributed by atoms with Gasteiger partial charge in [0.25, 0.3) is 11.6 Å². The number of ether oxygens (including phenoxy) is 1. The van der Waals surface area contributed by atoms with Crippen molar-refractivity contribution >= 4 is 23.3 Å². The van der Waals surface area contributed by atoms with Gasteiger partial charge in [0.2, 0.25) is 0 Å². The highest BCUT2D eigenvalue weighted by atomic mass is 16.6. The lowest BCUT2D eigenvalue weighted by Crippen LogP contribution is -2.43. The largest absolute Gasteiger partial charge is 0.464 e. The van der Waals surface area contributed by atoms with Gasteiger partial charge < -0.3 is 15.8 Å². The number of nitro benzene ring substituents is 1. The molecule has 0 fully saturated rings. The first-order chi connectivity index (χ1) is 9.36. The van der Waals surface area contributed by atoms with Gasteiger partial charge in [0.15, 0.2) is 6.04 Å². The van der Waals surface area contributed by atoms with Crippen LogP contribution in [0.1, 0.15) is 12.5 Å². The zero-order valence-corrected chi connectivity index (χ0v) is 11.1. The first-order valence-electron chi connectivity index (χ1n) is 5.85. The van der Waals surface area contributed by atoms with Crippen LogP contribution in [0.5, 0.6) is 0 Å². The van der Waals surface area contributed by atoms with E-state index in [1.807, 2.05) is 0 Å². The molecular formula is C12H15N3O5. The lowest BCUT2D eigenvalue weighted by molar-refractivity contribution is -0.384. The zero-order valence-electron chi connectivity index (χ0n) is 11.1. The van der Waals surface area contributed by atoms with Crippen molar-refractivity contribution in [1.29, 1.82) is 0 Å². The Morgan fingerprint density at radius 1 is 1.50 bits per heavy atom. The van der Waals surface area contributed by atoms with E-state index in [1.165, 1.54) is 18.2 Å². The number of nitro groups is 1. The van der Waals surface area contributed by atoms with Gasteiger partial charge in [0.05, 0.1) is 11.5 Å². The maximum atomic E-state index is 11.7. The van der Waals surface area contributed by atoms with Gasteiger partial charge in [-0.15, -0.1) is 0 Å². The van der Waals surface area contributed by atoms with Gasteiger partial charge in [-0.2, -0.15) is 0 Å². The van der Waals surface area contributed by atoms with Gasteiger partial charge >= 0.3 is 5.97 Å². The van der Waals surface area contributed by atoms with E-state index in [1.54, 1.807) is 13.8 Å². The van der Waals surface area contributed by atoms with Crippen molar-refractivity contribution in [3.8, 4) is 0 Å². The Kier molecular flexibility index (Phi) is 5.15. The molecule has 3 N–H and O–H groups in total. The van der Waals surface area contributed by atoms with Gasteiger partial charge in [-0.1, -0.05) is 0 Å². The Labute approximate surface area is 115 Å². The number of anilines is 1. The molecule has 1 unspecified atom stereocenters. The number of esters is 1. The fourth-order valence-electron chi connectivity index (χ4n) is 1.45. The number of amides is 1. The number of nitrogens with zero attached hydrogens (tertiary/aromatic N) is 1. The third-order valence-corrected chi connectivity index (χ3v) is 2.50. The third kappa shape index (κ3) is 3.75. The van der Waals surface area contributed by atoms with Crippen LogP contribution in [0.25, 0.3) is 0 Å². The molecule has 108 valence electrons. The van der Waals surface area contributed by atoms with Gasteiger partial charge in [0, 0.05) is 17.8 Å². The minimum atomic E-state index is -1.44. The number of hydrogen-bond donors (Lipinski definition) is 2. The second kappa shape index (κ2) is 6.62. The molecule has 0 aromatic heterocycles. The Bertz CT molecular complexity index is 544. The standard InChI is InChI=1S/C12H15N3O5/c1-3-20-12(17)10(13)11(16)14-9-5-4-8(15(18)19)6-7(9)2/h4-6,10H,3,13H2,1-2H3,(H,14,16). The minimum absolute atomic E-state index is 0.0878. The molecule has 1 rings (SSSR count). The average Bonchev–Trinajstić information content (AvgIpc) is 2.40. The van der Waals surface area contributed by atoms with E-state index in [4.69, 9.17) is 5.73 Å². The van der Waals surface area contributed by atoms with Gasteiger partial charge in [-0.3, -0.25) is 14.9 Å². The Balaban J connectivity index is 2.81. The molecule has 0 saturated heterocycles. The second-order valence-electron chi connectivity index (χ2n) is 3.98. The monoisotopic (exact) mass is 281 g/mol. The summed E-state index contributed by atoms with van der Waals surface area (Å²) in [7, 11) is 0. The average molecular weight is 281 g/mol. The van der Waals surface area contributed by atoms with Crippen molar-refractivity contribution in [2.75, 3.05) is 11.9 Å².